The average molecular weight is 163 g/mol. The Hall–Kier alpha value is -0.760. The van der Waals surface area contributed by atoms with Gasteiger partial charge in [-0.2, -0.15) is 0 Å². The standard InChI is InChI=1S/C9H9NS/c1-7-8-4-2-3-5-9(8)11-6-10-7/h2-5H,6H2,1H3. The van der Waals surface area contributed by atoms with Gasteiger partial charge in [0.05, 0.1) is 5.88 Å². The summed E-state index contributed by atoms with van der Waals surface area (Å²) in [4.78, 5) is 5.71. The van der Waals surface area contributed by atoms with Crippen molar-refractivity contribution in [2.75, 3.05) is 5.88 Å². The Balaban J connectivity index is 2.56. The maximum absolute atomic E-state index is 4.35. The normalized spacial score (nSPS) is 15.5. The first-order valence-electron chi connectivity index (χ1n) is 3.61. The van der Waals surface area contributed by atoms with Crippen molar-refractivity contribution in [3.05, 3.63) is 29.8 Å². The predicted octanol–water partition coefficient (Wildman–Crippen LogP) is 2.56. The van der Waals surface area contributed by atoms with Crippen molar-refractivity contribution in [3.8, 4) is 0 Å². The van der Waals surface area contributed by atoms with E-state index in [1.165, 1.54) is 16.2 Å². The van der Waals surface area contributed by atoms with Crippen LogP contribution in [0.25, 0.3) is 0 Å². The second kappa shape index (κ2) is 2.70. The molecule has 1 aliphatic rings. The number of benzene rings is 1. The minimum Gasteiger partial charge on any atom is -0.278 e. The Labute approximate surface area is 70.5 Å². The molecule has 0 fully saturated rings. The van der Waals surface area contributed by atoms with Gasteiger partial charge < -0.3 is 0 Å². The molecule has 0 amide bonds. The molecular formula is C9H9NS. The molecular weight excluding hydrogens is 154 g/mol. The third kappa shape index (κ3) is 1.18. The van der Waals surface area contributed by atoms with Crippen molar-refractivity contribution >= 4 is 17.5 Å². The van der Waals surface area contributed by atoms with E-state index >= 15 is 0 Å². The van der Waals surface area contributed by atoms with E-state index in [9.17, 15) is 0 Å². The van der Waals surface area contributed by atoms with Gasteiger partial charge in [0, 0.05) is 16.2 Å². The summed E-state index contributed by atoms with van der Waals surface area (Å²) in [5.74, 6) is 0.878. The number of nitrogens with zero attached hydrogens (tertiary/aromatic N) is 1. The predicted molar refractivity (Wildman–Crippen MR) is 49.4 cm³/mol. The fourth-order valence-corrected chi connectivity index (χ4v) is 2.12. The molecule has 0 aromatic heterocycles. The highest BCUT2D eigenvalue weighted by atomic mass is 32.2. The van der Waals surface area contributed by atoms with Crippen LogP contribution >= 0.6 is 11.8 Å². The first-order valence-corrected chi connectivity index (χ1v) is 4.60. The lowest BCUT2D eigenvalue weighted by atomic mass is 10.1. The summed E-state index contributed by atoms with van der Waals surface area (Å²) >= 11 is 1.80. The van der Waals surface area contributed by atoms with Crippen molar-refractivity contribution in [2.24, 2.45) is 4.99 Å². The Morgan fingerprint density at radius 3 is 3.00 bits per heavy atom. The summed E-state index contributed by atoms with van der Waals surface area (Å²) in [5, 5.41) is 0. The molecule has 0 radical (unpaired) electrons. The SMILES string of the molecule is CC1=NCSc2ccccc21. The van der Waals surface area contributed by atoms with E-state index in [0.717, 1.165) is 5.88 Å². The number of hydrogen-bond donors (Lipinski definition) is 0. The van der Waals surface area contributed by atoms with Crippen molar-refractivity contribution in [2.45, 2.75) is 11.8 Å². The lowest BCUT2D eigenvalue weighted by Gasteiger charge is -2.12. The van der Waals surface area contributed by atoms with Gasteiger partial charge in [0.15, 0.2) is 0 Å². The first-order chi connectivity index (χ1) is 5.38. The molecule has 0 bridgehead atoms. The van der Waals surface area contributed by atoms with Crippen LogP contribution in [0.4, 0.5) is 0 Å². The molecule has 2 rings (SSSR count). The molecule has 2 heteroatoms. The molecule has 0 aliphatic carbocycles. The van der Waals surface area contributed by atoms with Gasteiger partial charge in [0.1, 0.15) is 0 Å². The third-order valence-electron chi connectivity index (χ3n) is 1.80. The molecule has 0 N–H and O–H groups in total. The number of aliphatic imine (C=N–C) groups is 1. The van der Waals surface area contributed by atoms with Gasteiger partial charge in [-0.3, -0.25) is 4.99 Å². The maximum Gasteiger partial charge on any atom is 0.0893 e. The van der Waals surface area contributed by atoms with Crippen LogP contribution < -0.4 is 0 Å². The second-order valence-electron chi connectivity index (χ2n) is 2.51. The molecule has 1 heterocycles. The Kier molecular flexibility index (Phi) is 1.70. The molecule has 11 heavy (non-hydrogen) atoms. The van der Waals surface area contributed by atoms with Crippen molar-refractivity contribution in [1.82, 2.24) is 0 Å². The van der Waals surface area contributed by atoms with Gasteiger partial charge in [0.2, 0.25) is 0 Å². The molecule has 1 aliphatic heterocycles. The van der Waals surface area contributed by atoms with E-state index in [4.69, 9.17) is 0 Å². The van der Waals surface area contributed by atoms with Crippen molar-refractivity contribution < 1.29 is 0 Å². The zero-order chi connectivity index (χ0) is 7.68. The average Bonchev–Trinajstić information content (AvgIpc) is 2.06. The minimum absolute atomic E-state index is 0.878. The molecule has 0 spiro atoms. The summed E-state index contributed by atoms with van der Waals surface area (Å²) in [6, 6.07) is 8.41. The molecule has 0 saturated carbocycles. The minimum atomic E-state index is 0.878. The highest BCUT2D eigenvalue weighted by Crippen LogP contribution is 2.26. The zero-order valence-corrected chi connectivity index (χ0v) is 7.19. The molecule has 56 valence electrons. The van der Waals surface area contributed by atoms with Gasteiger partial charge >= 0.3 is 0 Å². The molecule has 0 unspecified atom stereocenters. The van der Waals surface area contributed by atoms with Gasteiger partial charge in [-0.05, 0) is 13.0 Å². The fourth-order valence-electron chi connectivity index (χ4n) is 1.18. The largest absolute Gasteiger partial charge is 0.278 e. The highest BCUT2D eigenvalue weighted by Gasteiger charge is 2.08. The maximum atomic E-state index is 4.35. The summed E-state index contributed by atoms with van der Waals surface area (Å²) in [7, 11) is 0. The van der Waals surface area contributed by atoms with Crippen LogP contribution in [-0.4, -0.2) is 11.6 Å². The highest BCUT2D eigenvalue weighted by molar-refractivity contribution is 7.99. The second-order valence-corrected chi connectivity index (χ2v) is 3.50. The van der Waals surface area contributed by atoms with Crippen LogP contribution in [0.2, 0.25) is 0 Å². The zero-order valence-electron chi connectivity index (χ0n) is 6.37. The van der Waals surface area contributed by atoms with Crippen LogP contribution in [0.3, 0.4) is 0 Å². The summed E-state index contributed by atoms with van der Waals surface area (Å²) in [6.07, 6.45) is 0. The number of thioether (sulfide) groups is 1. The number of hydrogen-bond acceptors (Lipinski definition) is 2. The van der Waals surface area contributed by atoms with Crippen molar-refractivity contribution in [3.63, 3.8) is 0 Å². The van der Waals surface area contributed by atoms with E-state index in [1.54, 1.807) is 11.8 Å². The fraction of sp³-hybridized carbons (Fsp3) is 0.222. The number of rotatable bonds is 0. The monoisotopic (exact) mass is 163 g/mol. The first kappa shape index (κ1) is 6.92. The summed E-state index contributed by atoms with van der Waals surface area (Å²) in [5.41, 5.74) is 2.46. The third-order valence-corrected chi connectivity index (χ3v) is 2.72. The van der Waals surface area contributed by atoms with E-state index < -0.39 is 0 Å². The van der Waals surface area contributed by atoms with E-state index in [-0.39, 0.29) is 0 Å². The lowest BCUT2D eigenvalue weighted by molar-refractivity contribution is 1.27. The van der Waals surface area contributed by atoms with Crippen LogP contribution in [0, 0.1) is 0 Å². The Morgan fingerprint density at radius 2 is 2.18 bits per heavy atom. The van der Waals surface area contributed by atoms with Crippen LogP contribution in [-0.2, 0) is 0 Å². The van der Waals surface area contributed by atoms with Crippen LogP contribution in [0.15, 0.2) is 34.2 Å². The van der Waals surface area contributed by atoms with Crippen LogP contribution in [0.5, 0.6) is 0 Å². The molecule has 1 nitrogen and oxygen atoms in total. The van der Waals surface area contributed by atoms with Gasteiger partial charge in [0.25, 0.3) is 0 Å². The summed E-state index contributed by atoms with van der Waals surface area (Å²) < 4.78 is 0. The molecule has 0 atom stereocenters. The van der Waals surface area contributed by atoms with E-state index in [0.29, 0.717) is 0 Å². The summed E-state index contributed by atoms with van der Waals surface area (Å²) in [6.45, 7) is 2.07. The topological polar surface area (TPSA) is 12.4 Å². The molecule has 1 aromatic carbocycles. The quantitative estimate of drug-likeness (QED) is 0.572. The van der Waals surface area contributed by atoms with Crippen LogP contribution in [0.1, 0.15) is 12.5 Å². The Bertz CT molecular complexity index is 304. The molecule has 1 aromatic rings. The Morgan fingerprint density at radius 1 is 1.36 bits per heavy atom. The molecule has 0 saturated heterocycles. The van der Waals surface area contributed by atoms with E-state index in [1.807, 2.05) is 0 Å². The van der Waals surface area contributed by atoms with Gasteiger partial charge in [-0.15, -0.1) is 11.8 Å². The number of fused-ring (bicyclic) bond motifs is 1. The van der Waals surface area contributed by atoms with Crippen molar-refractivity contribution in [1.29, 1.82) is 0 Å². The van der Waals surface area contributed by atoms with E-state index in [2.05, 4.69) is 36.2 Å². The lowest BCUT2D eigenvalue weighted by Crippen LogP contribution is -2.02. The van der Waals surface area contributed by atoms with Gasteiger partial charge in [-0.1, -0.05) is 18.2 Å². The van der Waals surface area contributed by atoms with Gasteiger partial charge in [-0.25, -0.2) is 0 Å². The smallest absolute Gasteiger partial charge is 0.0893 e.